The molecule has 8 heteroatoms. The highest BCUT2D eigenvalue weighted by Gasteiger charge is 2.17. The van der Waals surface area contributed by atoms with E-state index >= 15 is 0 Å². The number of nitrogens with zero attached hydrogens (tertiary/aromatic N) is 1. The highest BCUT2D eigenvalue weighted by atomic mass is 35.5. The lowest BCUT2D eigenvalue weighted by molar-refractivity contribution is -0.127. The second-order valence-electron chi connectivity index (χ2n) is 4.70. The first-order valence-corrected chi connectivity index (χ1v) is 6.12. The maximum atomic E-state index is 11.5. The monoisotopic (exact) mass is 304 g/mol. The normalized spacial score (nSPS) is 11.7. The second-order valence-corrected chi connectivity index (χ2v) is 4.70. The molecule has 1 heterocycles. The van der Waals surface area contributed by atoms with Crippen molar-refractivity contribution in [2.45, 2.75) is 33.4 Å². The molecule has 0 fully saturated rings. The number of carbonyl (C=O) groups excluding carboxylic acids is 2. The summed E-state index contributed by atoms with van der Waals surface area (Å²) in [6, 6.07) is 1.12. The lowest BCUT2D eigenvalue weighted by Crippen LogP contribution is -2.47. The molecule has 1 aromatic rings. The van der Waals surface area contributed by atoms with E-state index in [4.69, 9.17) is 10.3 Å². The molecule has 0 aliphatic rings. The number of aryl methyl sites for hydroxylation is 1. The summed E-state index contributed by atoms with van der Waals surface area (Å²) in [6.45, 7) is 5.62. The summed E-state index contributed by atoms with van der Waals surface area (Å²) in [4.78, 5) is 23.0. The van der Waals surface area contributed by atoms with E-state index in [9.17, 15) is 9.59 Å². The summed E-state index contributed by atoms with van der Waals surface area (Å²) in [5.74, 6) is -0.0460. The van der Waals surface area contributed by atoms with Gasteiger partial charge < -0.3 is 20.9 Å². The Morgan fingerprint density at radius 1 is 1.40 bits per heavy atom. The Hall–Kier alpha value is -1.60. The van der Waals surface area contributed by atoms with Gasteiger partial charge in [-0.05, 0) is 12.8 Å². The summed E-state index contributed by atoms with van der Waals surface area (Å²) in [5, 5.41) is 8.79. The van der Waals surface area contributed by atoms with Gasteiger partial charge in [0.25, 0.3) is 0 Å². The number of hydrogen-bond donors (Lipinski definition) is 3. The van der Waals surface area contributed by atoms with Gasteiger partial charge >= 0.3 is 0 Å². The van der Waals surface area contributed by atoms with Gasteiger partial charge in [-0.15, -0.1) is 12.4 Å². The average Bonchev–Trinajstić information content (AvgIpc) is 2.78. The van der Waals surface area contributed by atoms with E-state index in [1.807, 2.05) is 13.8 Å². The van der Waals surface area contributed by atoms with E-state index in [-0.39, 0.29) is 43.2 Å². The number of carbonyl (C=O) groups is 2. The molecule has 0 saturated carbocycles. The Morgan fingerprint density at radius 2 is 2.05 bits per heavy atom. The number of halogens is 1. The highest BCUT2D eigenvalue weighted by molar-refractivity contribution is 5.87. The van der Waals surface area contributed by atoms with E-state index in [2.05, 4.69) is 15.8 Å². The van der Waals surface area contributed by atoms with Crippen LogP contribution in [-0.4, -0.2) is 29.6 Å². The van der Waals surface area contributed by atoms with Crippen molar-refractivity contribution in [2.24, 2.45) is 11.7 Å². The van der Waals surface area contributed by atoms with Crippen molar-refractivity contribution in [1.29, 1.82) is 0 Å². The number of nitrogens with two attached hydrogens (primary N) is 1. The molecular formula is C12H21ClN4O3. The molecule has 0 spiro atoms. The quantitative estimate of drug-likeness (QED) is 0.691. The zero-order valence-electron chi connectivity index (χ0n) is 11.8. The number of hydrogen-bond acceptors (Lipinski definition) is 5. The Balaban J connectivity index is 0.00000361. The van der Waals surface area contributed by atoms with Gasteiger partial charge in [0.05, 0.1) is 24.8 Å². The van der Waals surface area contributed by atoms with Crippen LogP contribution in [0.25, 0.3) is 0 Å². The van der Waals surface area contributed by atoms with E-state index in [0.717, 1.165) is 5.69 Å². The summed E-state index contributed by atoms with van der Waals surface area (Å²) < 4.78 is 4.94. The molecule has 2 amide bonds. The zero-order chi connectivity index (χ0) is 14.4. The fraction of sp³-hybridized carbons (Fsp3) is 0.583. The molecule has 0 aliphatic carbocycles. The smallest absolute Gasteiger partial charge is 0.239 e. The maximum Gasteiger partial charge on any atom is 0.239 e. The highest BCUT2D eigenvalue weighted by Crippen LogP contribution is 2.00. The molecule has 0 bridgehead atoms. The molecule has 1 atom stereocenters. The Kier molecular flexibility index (Phi) is 7.86. The van der Waals surface area contributed by atoms with Crippen LogP contribution in [0.1, 0.15) is 25.3 Å². The number of amides is 2. The van der Waals surface area contributed by atoms with Crippen molar-refractivity contribution in [1.82, 2.24) is 15.8 Å². The molecule has 0 radical (unpaired) electrons. The van der Waals surface area contributed by atoms with E-state index < -0.39 is 6.04 Å². The Morgan fingerprint density at radius 3 is 2.55 bits per heavy atom. The van der Waals surface area contributed by atoms with Crippen molar-refractivity contribution in [2.75, 3.05) is 6.54 Å². The molecule has 20 heavy (non-hydrogen) atoms. The molecule has 7 nitrogen and oxygen atoms in total. The maximum absolute atomic E-state index is 11.5. The molecule has 114 valence electrons. The minimum atomic E-state index is -0.607. The van der Waals surface area contributed by atoms with Gasteiger partial charge in [0, 0.05) is 6.07 Å². The predicted molar refractivity (Wildman–Crippen MR) is 76.2 cm³/mol. The van der Waals surface area contributed by atoms with Crippen molar-refractivity contribution < 1.29 is 14.1 Å². The first-order chi connectivity index (χ1) is 8.90. The summed E-state index contributed by atoms with van der Waals surface area (Å²) in [5.41, 5.74) is 6.40. The van der Waals surface area contributed by atoms with Crippen LogP contribution in [0.5, 0.6) is 0 Å². The third-order valence-electron chi connectivity index (χ3n) is 2.58. The van der Waals surface area contributed by atoms with E-state index in [0.29, 0.717) is 5.76 Å². The lowest BCUT2D eigenvalue weighted by Gasteiger charge is -2.14. The van der Waals surface area contributed by atoms with Crippen LogP contribution >= 0.6 is 12.4 Å². The van der Waals surface area contributed by atoms with Crippen LogP contribution in [-0.2, 0) is 16.1 Å². The lowest BCUT2D eigenvalue weighted by atomic mass is 10.1. The van der Waals surface area contributed by atoms with Crippen LogP contribution in [0, 0.1) is 12.8 Å². The topological polar surface area (TPSA) is 110 Å². The average molecular weight is 305 g/mol. The minimum absolute atomic E-state index is 0. The van der Waals surface area contributed by atoms with Gasteiger partial charge in [0.2, 0.25) is 11.8 Å². The molecule has 0 unspecified atom stereocenters. The molecule has 0 saturated heterocycles. The fourth-order valence-corrected chi connectivity index (χ4v) is 1.34. The van der Waals surface area contributed by atoms with Gasteiger partial charge in [-0.3, -0.25) is 9.59 Å². The van der Waals surface area contributed by atoms with Crippen molar-refractivity contribution in [3.63, 3.8) is 0 Å². The molecular weight excluding hydrogens is 284 g/mol. The Labute approximate surface area is 124 Å². The fourth-order valence-electron chi connectivity index (χ4n) is 1.34. The predicted octanol–water partition coefficient (Wildman–Crippen LogP) is 0.121. The van der Waals surface area contributed by atoms with Crippen LogP contribution in [0.15, 0.2) is 10.6 Å². The molecule has 0 aromatic carbocycles. The molecule has 0 aliphatic heterocycles. The standard InChI is InChI=1S/C12H20N4O3.ClH/c1-7(2)11(13)12(18)15-6-10(17)14-5-9-4-8(3)16-19-9;/h4,7,11H,5-6,13H2,1-3H3,(H,14,17)(H,15,18);1H/t11-;/m0./s1. The van der Waals surface area contributed by atoms with E-state index in [1.54, 1.807) is 13.0 Å². The summed E-state index contributed by atoms with van der Waals surface area (Å²) in [7, 11) is 0. The van der Waals surface area contributed by atoms with Crippen LogP contribution in [0.3, 0.4) is 0 Å². The number of aromatic nitrogens is 1. The van der Waals surface area contributed by atoms with Gasteiger partial charge in [0.15, 0.2) is 5.76 Å². The van der Waals surface area contributed by atoms with Gasteiger partial charge in [0.1, 0.15) is 0 Å². The van der Waals surface area contributed by atoms with Crippen LogP contribution in [0.2, 0.25) is 0 Å². The molecule has 1 aromatic heterocycles. The van der Waals surface area contributed by atoms with E-state index in [1.165, 1.54) is 0 Å². The third kappa shape index (κ3) is 6.03. The molecule has 4 N–H and O–H groups in total. The zero-order valence-corrected chi connectivity index (χ0v) is 12.6. The van der Waals surface area contributed by atoms with Crippen molar-refractivity contribution in [3.8, 4) is 0 Å². The van der Waals surface area contributed by atoms with Crippen LogP contribution < -0.4 is 16.4 Å². The SMILES string of the molecule is Cc1cc(CNC(=O)CNC(=O)[C@@H](N)C(C)C)on1.Cl. The summed E-state index contributed by atoms with van der Waals surface area (Å²) in [6.07, 6.45) is 0. The summed E-state index contributed by atoms with van der Waals surface area (Å²) >= 11 is 0. The first-order valence-electron chi connectivity index (χ1n) is 6.12. The largest absolute Gasteiger partial charge is 0.359 e. The van der Waals surface area contributed by atoms with Crippen molar-refractivity contribution >= 4 is 24.2 Å². The van der Waals surface area contributed by atoms with Crippen molar-refractivity contribution in [3.05, 3.63) is 17.5 Å². The first kappa shape index (κ1) is 18.4. The minimum Gasteiger partial charge on any atom is -0.359 e. The third-order valence-corrected chi connectivity index (χ3v) is 2.58. The number of nitrogens with one attached hydrogen (secondary N) is 2. The van der Waals surface area contributed by atoms with Gasteiger partial charge in [-0.2, -0.15) is 0 Å². The molecule has 1 rings (SSSR count). The second kappa shape index (κ2) is 8.55. The van der Waals surface area contributed by atoms with Crippen LogP contribution in [0.4, 0.5) is 0 Å². The Bertz CT molecular complexity index is 448. The number of rotatable bonds is 6. The van der Waals surface area contributed by atoms with Gasteiger partial charge in [-0.1, -0.05) is 19.0 Å². The van der Waals surface area contributed by atoms with Gasteiger partial charge in [-0.25, -0.2) is 0 Å².